The number of aliphatic carboxylic acids is 1. The number of hydrogen-bond donors (Lipinski definition) is 3. The number of rotatable bonds is 6. The lowest BCUT2D eigenvalue weighted by molar-refractivity contribution is -0.140. The molecule has 0 heterocycles. The van der Waals surface area contributed by atoms with E-state index >= 15 is 0 Å². The van der Waals surface area contributed by atoms with Crippen molar-refractivity contribution in [2.24, 2.45) is 0 Å². The largest absolute Gasteiger partial charge is 0.480 e. The Kier molecular flexibility index (Phi) is 5.23. The summed E-state index contributed by atoms with van der Waals surface area (Å²) >= 11 is 0. The Labute approximate surface area is 152 Å². The van der Waals surface area contributed by atoms with Gasteiger partial charge in [-0.1, -0.05) is 48.5 Å². The second-order valence-corrected chi connectivity index (χ2v) is 6.36. The van der Waals surface area contributed by atoms with E-state index in [0.717, 1.165) is 22.3 Å². The van der Waals surface area contributed by atoms with E-state index in [1.165, 1.54) is 0 Å². The van der Waals surface area contributed by atoms with E-state index in [4.69, 9.17) is 4.74 Å². The topological polar surface area (TPSA) is 87.7 Å². The first-order chi connectivity index (χ1) is 12.5. The lowest BCUT2D eigenvalue weighted by Crippen LogP contribution is -2.52. The maximum atomic E-state index is 12.1. The fourth-order valence-electron chi connectivity index (χ4n) is 3.33. The first-order valence-electron chi connectivity index (χ1n) is 8.54. The Morgan fingerprint density at radius 3 is 2.12 bits per heavy atom. The van der Waals surface area contributed by atoms with Crippen molar-refractivity contribution in [2.75, 3.05) is 13.7 Å². The number of amides is 1. The van der Waals surface area contributed by atoms with Crippen LogP contribution in [0, 0.1) is 0 Å². The predicted molar refractivity (Wildman–Crippen MR) is 98.2 cm³/mol. The summed E-state index contributed by atoms with van der Waals surface area (Å²) < 4.78 is 5.37. The van der Waals surface area contributed by atoms with Crippen LogP contribution < -0.4 is 10.6 Å². The summed E-state index contributed by atoms with van der Waals surface area (Å²) in [6, 6.07) is 14.6. The van der Waals surface area contributed by atoms with E-state index in [2.05, 4.69) is 22.8 Å². The van der Waals surface area contributed by atoms with Crippen molar-refractivity contribution in [3.8, 4) is 11.1 Å². The predicted octanol–water partition coefficient (Wildman–Crippen LogP) is 2.59. The molecule has 0 radical (unpaired) electrons. The van der Waals surface area contributed by atoms with E-state index < -0.39 is 24.1 Å². The summed E-state index contributed by atoms with van der Waals surface area (Å²) in [5, 5.41) is 14.5. The van der Waals surface area contributed by atoms with Crippen molar-refractivity contribution in [2.45, 2.75) is 24.9 Å². The van der Waals surface area contributed by atoms with Gasteiger partial charge in [-0.3, -0.25) is 0 Å². The number of carbonyl (C=O) groups is 2. The standard InChI is InChI=1S/C20H22N2O4/c1-12(21-2)18(19(23)24)22-20(25)26-11-17-15-9-5-3-7-13(15)14-8-4-6-10-16(14)17/h3-10,12,17-18,21H,11H2,1-2H3,(H,22,25)(H,23,24)/t12-,18-/m0/s1. The van der Waals surface area contributed by atoms with Gasteiger partial charge in [-0.15, -0.1) is 0 Å². The van der Waals surface area contributed by atoms with Gasteiger partial charge in [-0.25, -0.2) is 9.59 Å². The first-order valence-corrected chi connectivity index (χ1v) is 8.54. The number of benzene rings is 2. The molecule has 0 spiro atoms. The van der Waals surface area contributed by atoms with Crippen molar-refractivity contribution in [1.82, 2.24) is 10.6 Å². The van der Waals surface area contributed by atoms with Gasteiger partial charge in [0, 0.05) is 12.0 Å². The SMILES string of the molecule is CN[C@@H](C)[C@H](NC(=O)OCC1c2ccccc2-c2ccccc21)C(=O)O. The van der Waals surface area contributed by atoms with Crippen molar-refractivity contribution >= 4 is 12.1 Å². The Morgan fingerprint density at radius 1 is 1.08 bits per heavy atom. The molecule has 0 fully saturated rings. The molecule has 2 aromatic rings. The number of fused-ring (bicyclic) bond motifs is 3. The van der Waals surface area contributed by atoms with Gasteiger partial charge in [0.05, 0.1) is 0 Å². The van der Waals surface area contributed by atoms with Gasteiger partial charge in [0.25, 0.3) is 0 Å². The molecule has 0 saturated carbocycles. The summed E-state index contributed by atoms with van der Waals surface area (Å²) in [6.07, 6.45) is -0.735. The quantitative estimate of drug-likeness (QED) is 0.742. The van der Waals surface area contributed by atoms with Gasteiger partial charge in [0.1, 0.15) is 12.6 Å². The van der Waals surface area contributed by atoms with Gasteiger partial charge < -0.3 is 20.5 Å². The summed E-state index contributed by atoms with van der Waals surface area (Å²) in [4.78, 5) is 23.4. The average molecular weight is 354 g/mol. The third-order valence-corrected chi connectivity index (χ3v) is 4.84. The molecule has 1 amide bonds. The fourth-order valence-corrected chi connectivity index (χ4v) is 3.33. The number of hydrogen-bond acceptors (Lipinski definition) is 4. The first kappa shape index (κ1) is 17.9. The Bertz CT molecular complexity index is 775. The van der Waals surface area contributed by atoms with E-state index in [1.54, 1.807) is 14.0 Å². The summed E-state index contributed by atoms with van der Waals surface area (Å²) in [5.41, 5.74) is 4.51. The number of carboxylic acids is 1. The Balaban J connectivity index is 1.72. The van der Waals surface area contributed by atoms with Crippen LogP contribution in [0.1, 0.15) is 24.0 Å². The van der Waals surface area contributed by atoms with E-state index in [9.17, 15) is 14.7 Å². The molecule has 0 saturated heterocycles. The van der Waals surface area contributed by atoms with Crippen LogP contribution in [0.15, 0.2) is 48.5 Å². The molecule has 0 aromatic heterocycles. The van der Waals surface area contributed by atoms with Crippen LogP contribution in [0.25, 0.3) is 11.1 Å². The minimum atomic E-state index is -1.11. The molecule has 0 aliphatic heterocycles. The van der Waals surface area contributed by atoms with E-state index in [1.807, 2.05) is 36.4 Å². The summed E-state index contributed by atoms with van der Waals surface area (Å²) in [5.74, 6) is -1.17. The maximum absolute atomic E-state index is 12.1. The molecule has 1 aliphatic rings. The highest BCUT2D eigenvalue weighted by atomic mass is 16.5. The number of likely N-dealkylation sites (N-methyl/N-ethyl adjacent to an activating group) is 1. The third kappa shape index (κ3) is 3.41. The second-order valence-electron chi connectivity index (χ2n) is 6.36. The zero-order chi connectivity index (χ0) is 18.7. The maximum Gasteiger partial charge on any atom is 0.407 e. The van der Waals surface area contributed by atoms with Crippen LogP contribution in [0.5, 0.6) is 0 Å². The molecule has 136 valence electrons. The molecular formula is C20H22N2O4. The fraction of sp³-hybridized carbons (Fsp3) is 0.300. The lowest BCUT2D eigenvalue weighted by atomic mass is 9.98. The van der Waals surface area contributed by atoms with Crippen LogP contribution in [-0.2, 0) is 9.53 Å². The van der Waals surface area contributed by atoms with Gasteiger partial charge in [0.15, 0.2) is 0 Å². The molecular weight excluding hydrogens is 332 g/mol. The normalized spacial score (nSPS) is 14.8. The number of alkyl carbamates (subject to hydrolysis) is 1. The third-order valence-electron chi connectivity index (χ3n) is 4.84. The highest BCUT2D eigenvalue weighted by Crippen LogP contribution is 2.44. The number of carboxylic acid groups (broad SMARTS) is 1. The minimum Gasteiger partial charge on any atom is -0.480 e. The lowest BCUT2D eigenvalue weighted by Gasteiger charge is -2.21. The van der Waals surface area contributed by atoms with Crippen molar-refractivity contribution in [3.05, 3.63) is 59.7 Å². The summed E-state index contributed by atoms with van der Waals surface area (Å²) in [6.45, 7) is 1.84. The van der Waals surface area contributed by atoms with Crippen molar-refractivity contribution in [3.63, 3.8) is 0 Å². The highest BCUT2D eigenvalue weighted by Gasteiger charge is 2.30. The van der Waals surface area contributed by atoms with Gasteiger partial charge >= 0.3 is 12.1 Å². The Morgan fingerprint density at radius 2 is 1.62 bits per heavy atom. The number of nitrogens with one attached hydrogen (secondary N) is 2. The van der Waals surface area contributed by atoms with Crippen LogP contribution in [0.3, 0.4) is 0 Å². The van der Waals surface area contributed by atoms with Crippen LogP contribution >= 0.6 is 0 Å². The highest BCUT2D eigenvalue weighted by molar-refractivity contribution is 5.81. The number of carbonyl (C=O) groups excluding carboxylic acids is 1. The van der Waals surface area contributed by atoms with Gasteiger partial charge in [-0.05, 0) is 36.2 Å². The molecule has 6 nitrogen and oxygen atoms in total. The van der Waals surface area contributed by atoms with Gasteiger partial charge in [-0.2, -0.15) is 0 Å². The molecule has 26 heavy (non-hydrogen) atoms. The zero-order valence-electron chi connectivity index (χ0n) is 14.7. The smallest absolute Gasteiger partial charge is 0.407 e. The van der Waals surface area contributed by atoms with Crippen LogP contribution in [-0.4, -0.2) is 42.9 Å². The molecule has 3 N–H and O–H groups in total. The van der Waals surface area contributed by atoms with Crippen LogP contribution in [0.4, 0.5) is 4.79 Å². The van der Waals surface area contributed by atoms with E-state index in [0.29, 0.717) is 0 Å². The molecule has 3 rings (SSSR count). The molecule has 2 aromatic carbocycles. The second kappa shape index (κ2) is 7.58. The zero-order valence-corrected chi connectivity index (χ0v) is 14.7. The number of ether oxygens (including phenoxy) is 1. The minimum absolute atomic E-state index is 0.0573. The average Bonchev–Trinajstić information content (AvgIpc) is 2.97. The molecule has 2 atom stereocenters. The van der Waals surface area contributed by atoms with Gasteiger partial charge in [0.2, 0.25) is 0 Å². The molecule has 0 bridgehead atoms. The van der Waals surface area contributed by atoms with E-state index in [-0.39, 0.29) is 12.5 Å². The summed E-state index contributed by atoms with van der Waals surface area (Å²) in [7, 11) is 1.64. The van der Waals surface area contributed by atoms with Crippen LogP contribution in [0.2, 0.25) is 0 Å². The van der Waals surface area contributed by atoms with Crippen molar-refractivity contribution in [1.29, 1.82) is 0 Å². The molecule has 1 aliphatic carbocycles. The molecule has 0 unspecified atom stereocenters. The Hall–Kier alpha value is -2.86. The monoisotopic (exact) mass is 354 g/mol. The molecule has 6 heteroatoms. The van der Waals surface area contributed by atoms with Crippen molar-refractivity contribution < 1.29 is 19.4 Å².